The van der Waals surface area contributed by atoms with Gasteiger partial charge in [0.25, 0.3) is 0 Å². The van der Waals surface area contributed by atoms with Crippen LogP contribution in [-0.4, -0.2) is 20.5 Å². The molecule has 13 heavy (non-hydrogen) atoms. The molecule has 2 rings (SSSR count). The minimum atomic E-state index is -0.954. The molecule has 0 bridgehead atoms. The number of carboxylic acids is 1. The van der Waals surface area contributed by atoms with Crippen LogP contribution in [0.25, 0.3) is 4.96 Å². The fraction of sp³-hybridized carbons (Fsp3) is 0.143. The lowest BCUT2D eigenvalue weighted by atomic mass is 10.5. The van der Waals surface area contributed by atoms with E-state index in [2.05, 4.69) is 4.98 Å². The molecule has 1 N–H and O–H groups in total. The van der Waals surface area contributed by atoms with Crippen LogP contribution in [0, 0.1) is 6.92 Å². The Kier molecular flexibility index (Phi) is 1.78. The van der Waals surface area contributed by atoms with Crippen LogP contribution in [-0.2, 0) is 0 Å². The molecule has 0 aliphatic carbocycles. The Morgan fingerprint density at radius 3 is 3.00 bits per heavy atom. The minimum Gasteiger partial charge on any atom is -0.477 e. The van der Waals surface area contributed by atoms with E-state index in [1.807, 2.05) is 0 Å². The quantitative estimate of drug-likeness (QED) is 0.794. The number of nitrogens with zero attached hydrogens (tertiary/aromatic N) is 2. The molecule has 0 unspecified atom stereocenters. The highest BCUT2D eigenvalue weighted by Gasteiger charge is 2.13. The van der Waals surface area contributed by atoms with Gasteiger partial charge in [0.15, 0.2) is 4.96 Å². The normalized spacial score (nSPS) is 10.9. The third kappa shape index (κ3) is 1.20. The smallest absolute Gasteiger partial charge is 0.347 e. The molecule has 4 nitrogen and oxygen atoms in total. The van der Waals surface area contributed by atoms with E-state index in [0.29, 0.717) is 15.8 Å². The van der Waals surface area contributed by atoms with Crippen molar-refractivity contribution in [2.24, 2.45) is 0 Å². The average molecular weight is 217 g/mol. The highest BCUT2D eigenvalue weighted by Crippen LogP contribution is 2.24. The number of hydrogen-bond acceptors (Lipinski definition) is 3. The maximum atomic E-state index is 10.6. The lowest BCUT2D eigenvalue weighted by molar-refractivity contribution is 0.0702. The summed E-state index contributed by atoms with van der Waals surface area (Å²) in [6.07, 6.45) is 1.48. The first-order chi connectivity index (χ1) is 6.09. The average Bonchev–Trinajstić information content (AvgIpc) is 2.55. The van der Waals surface area contributed by atoms with Crippen LogP contribution in [0.2, 0.25) is 5.15 Å². The van der Waals surface area contributed by atoms with Crippen LogP contribution < -0.4 is 0 Å². The number of aryl methyl sites for hydroxylation is 1. The van der Waals surface area contributed by atoms with Gasteiger partial charge in [-0.15, -0.1) is 0 Å². The Labute approximate surface area is 82.4 Å². The van der Waals surface area contributed by atoms with Gasteiger partial charge < -0.3 is 5.11 Å². The van der Waals surface area contributed by atoms with Gasteiger partial charge in [-0.25, -0.2) is 9.78 Å². The Morgan fingerprint density at radius 2 is 2.46 bits per heavy atom. The van der Waals surface area contributed by atoms with Crippen molar-refractivity contribution in [3.05, 3.63) is 21.9 Å². The fourth-order valence-electron chi connectivity index (χ4n) is 1.03. The van der Waals surface area contributed by atoms with Crippen molar-refractivity contribution >= 4 is 33.9 Å². The van der Waals surface area contributed by atoms with Gasteiger partial charge in [0.1, 0.15) is 10.0 Å². The van der Waals surface area contributed by atoms with Crippen molar-refractivity contribution < 1.29 is 9.90 Å². The van der Waals surface area contributed by atoms with Crippen LogP contribution in [0.15, 0.2) is 6.20 Å². The van der Waals surface area contributed by atoms with E-state index < -0.39 is 5.97 Å². The molecule has 6 heteroatoms. The summed E-state index contributed by atoms with van der Waals surface area (Å²) < 4.78 is 1.57. The molecule has 0 radical (unpaired) electrons. The van der Waals surface area contributed by atoms with Crippen molar-refractivity contribution in [1.82, 2.24) is 9.38 Å². The van der Waals surface area contributed by atoms with E-state index in [9.17, 15) is 4.79 Å². The Bertz CT molecular complexity index is 488. The molecule has 0 aliphatic rings. The standard InChI is InChI=1S/C7H5ClN2O2S/c1-3-5(8)10-2-4(6(11)12)13-7(10)9-3/h2H,1H3,(H,11,12). The number of aromatic carboxylic acids is 1. The molecule has 0 amide bonds. The molecule has 0 saturated carbocycles. The van der Waals surface area contributed by atoms with Crippen LogP contribution >= 0.6 is 22.9 Å². The first-order valence-electron chi connectivity index (χ1n) is 3.47. The van der Waals surface area contributed by atoms with Crippen molar-refractivity contribution in [3.8, 4) is 0 Å². The third-order valence-corrected chi connectivity index (χ3v) is 3.06. The number of thiazole rings is 1. The molecule has 0 aromatic carbocycles. The molecule has 2 aromatic heterocycles. The Morgan fingerprint density at radius 1 is 1.77 bits per heavy atom. The predicted octanol–water partition coefficient (Wildman–Crippen LogP) is 2.06. The molecule has 68 valence electrons. The number of rotatable bonds is 1. The summed E-state index contributed by atoms with van der Waals surface area (Å²) in [5.41, 5.74) is 0.713. The van der Waals surface area contributed by atoms with E-state index >= 15 is 0 Å². The number of carboxylic acid groups (broad SMARTS) is 1. The monoisotopic (exact) mass is 216 g/mol. The highest BCUT2D eigenvalue weighted by atomic mass is 35.5. The molecule has 2 aromatic rings. The second-order valence-electron chi connectivity index (χ2n) is 2.54. The van der Waals surface area contributed by atoms with Crippen molar-refractivity contribution in [2.75, 3.05) is 0 Å². The summed E-state index contributed by atoms with van der Waals surface area (Å²) in [5, 5.41) is 9.16. The van der Waals surface area contributed by atoms with Crippen molar-refractivity contribution in [3.63, 3.8) is 0 Å². The molecule has 0 spiro atoms. The highest BCUT2D eigenvalue weighted by molar-refractivity contribution is 7.18. The number of imidazole rings is 1. The number of carbonyl (C=O) groups is 1. The molecular formula is C7H5ClN2O2S. The SMILES string of the molecule is Cc1nc2sc(C(=O)O)cn2c1Cl. The molecule has 0 fully saturated rings. The topological polar surface area (TPSA) is 54.6 Å². The summed E-state index contributed by atoms with van der Waals surface area (Å²) in [6.45, 7) is 1.78. The van der Waals surface area contributed by atoms with E-state index in [4.69, 9.17) is 16.7 Å². The Hall–Kier alpha value is -1.07. The van der Waals surface area contributed by atoms with Crippen LogP contribution in [0.1, 0.15) is 15.4 Å². The van der Waals surface area contributed by atoms with Gasteiger partial charge in [0.05, 0.1) is 5.69 Å². The zero-order valence-corrected chi connectivity index (χ0v) is 8.19. The minimum absolute atomic E-state index is 0.240. The summed E-state index contributed by atoms with van der Waals surface area (Å²) in [7, 11) is 0. The summed E-state index contributed by atoms with van der Waals surface area (Å²) in [5.74, 6) is -0.954. The number of hydrogen-bond donors (Lipinski definition) is 1. The second kappa shape index (κ2) is 2.71. The molecule has 2 heterocycles. The van der Waals surface area contributed by atoms with Crippen LogP contribution in [0.4, 0.5) is 0 Å². The third-order valence-electron chi connectivity index (χ3n) is 1.64. The van der Waals surface area contributed by atoms with Crippen molar-refractivity contribution in [1.29, 1.82) is 0 Å². The van der Waals surface area contributed by atoms with E-state index in [-0.39, 0.29) is 4.88 Å². The number of halogens is 1. The van der Waals surface area contributed by atoms with E-state index in [0.717, 1.165) is 11.3 Å². The maximum Gasteiger partial charge on any atom is 0.347 e. The first-order valence-corrected chi connectivity index (χ1v) is 4.66. The lowest BCUT2D eigenvalue weighted by Crippen LogP contribution is -1.91. The van der Waals surface area contributed by atoms with Gasteiger partial charge in [-0.3, -0.25) is 4.40 Å². The van der Waals surface area contributed by atoms with Crippen molar-refractivity contribution in [2.45, 2.75) is 6.92 Å². The zero-order valence-electron chi connectivity index (χ0n) is 6.61. The zero-order chi connectivity index (χ0) is 9.59. The van der Waals surface area contributed by atoms with Gasteiger partial charge in [-0.05, 0) is 6.92 Å². The van der Waals surface area contributed by atoms with E-state index in [1.54, 1.807) is 11.3 Å². The van der Waals surface area contributed by atoms with Crippen LogP contribution in [0.5, 0.6) is 0 Å². The molecule has 0 atom stereocenters. The largest absolute Gasteiger partial charge is 0.477 e. The fourth-order valence-corrected chi connectivity index (χ4v) is 2.11. The van der Waals surface area contributed by atoms with E-state index in [1.165, 1.54) is 6.20 Å². The molecular weight excluding hydrogens is 212 g/mol. The second-order valence-corrected chi connectivity index (χ2v) is 3.91. The summed E-state index contributed by atoms with van der Waals surface area (Å²) in [4.78, 5) is 15.5. The summed E-state index contributed by atoms with van der Waals surface area (Å²) >= 11 is 6.98. The van der Waals surface area contributed by atoms with Gasteiger partial charge in [0.2, 0.25) is 0 Å². The first kappa shape index (κ1) is 8.52. The molecule has 0 saturated heterocycles. The Balaban J connectivity index is 2.72. The number of aromatic nitrogens is 2. The van der Waals surface area contributed by atoms with Gasteiger partial charge in [-0.1, -0.05) is 22.9 Å². The number of fused-ring (bicyclic) bond motifs is 1. The predicted molar refractivity (Wildman–Crippen MR) is 49.8 cm³/mol. The molecule has 0 aliphatic heterocycles. The van der Waals surface area contributed by atoms with Gasteiger partial charge >= 0.3 is 5.97 Å². The maximum absolute atomic E-state index is 10.6. The lowest BCUT2D eigenvalue weighted by Gasteiger charge is -1.85. The van der Waals surface area contributed by atoms with Crippen LogP contribution in [0.3, 0.4) is 0 Å². The van der Waals surface area contributed by atoms with Gasteiger partial charge in [0, 0.05) is 6.20 Å². The summed E-state index contributed by atoms with van der Waals surface area (Å²) in [6, 6.07) is 0. The van der Waals surface area contributed by atoms with Gasteiger partial charge in [-0.2, -0.15) is 0 Å².